The van der Waals surface area contributed by atoms with Gasteiger partial charge < -0.3 is 11.1 Å². The molecule has 1 aliphatic heterocycles. The summed E-state index contributed by atoms with van der Waals surface area (Å²) in [6.45, 7) is 22.1. The van der Waals surface area contributed by atoms with Crippen molar-refractivity contribution in [3.63, 3.8) is 0 Å². The molecular weight excluding hydrogens is 400 g/mol. The van der Waals surface area contributed by atoms with Gasteiger partial charge in [0, 0.05) is 10.6 Å². The summed E-state index contributed by atoms with van der Waals surface area (Å²) < 4.78 is 0. The van der Waals surface area contributed by atoms with Crippen molar-refractivity contribution in [3.05, 3.63) is 58.7 Å². The number of thiol groups is 1. The van der Waals surface area contributed by atoms with Crippen LogP contribution in [-0.4, -0.2) is 17.8 Å². The molecule has 5 heteroatoms. The van der Waals surface area contributed by atoms with Gasteiger partial charge in [0.15, 0.2) is 0 Å². The van der Waals surface area contributed by atoms with E-state index in [2.05, 4.69) is 66.0 Å². The molecule has 0 saturated heterocycles. The number of nitrogens with zero attached hydrogens (tertiary/aromatic N) is 2. The number of amidine groups is 2. The first-order valence-electron chi connectivity index (χ1n) is 11.0. The predicted molar refractivity (Wildman–Crippen MR) is 145 cm³/mol. The molecule has 4 nitrogen and oxygen atoms in total. The van der Waals surface area contributed by atoms with Crippen molar-refractivity contribution in [1.29, 1.82) is 0 Å². The maximum atomic E-state index is 5.67. The third-order valence-corrected chi connectivity index (χ3v) is 4.29. The summed E-state index contributed by atoms with van der Waals surface area (Å²) in [7, 11) is 0. The molecule has 174 valence electrons. The molecule has 2 aromatic rings. The summed E-state index contributed by atoms with van der Waals surface area (Å²) in [4.78, 5) is 9.23. The number of aryl methyl sites for hydroxylation is 3. The second kappa shape index (κ2) is 17.4. The fourth-order valence-corrected chi connectivity index (χ4v) is 2.75. The van der Waals surface area contributed by atoms with Gasteiger partial charge in [-0.3, -0.25) is 0 Å². The Kier molecular flexibility index (Phi) is 17.4. The van der Waals surface area contributed by atoms with Gasteiger partial charge in [-0.15, -0.1) is 12.6 Å². The molecule has 31 heavy (non-hydrogen) atoms. The Morgan fingerprint density at radius 1 is 0.774 bits per heavy atom. The van der Waals surface area contributed by atoms with Crippen LogP contribution in [0.2, 0.25) is 0 Å². The highest BCUT2D eigenvalue weighted by atomic mass is 32.1. The van der Waals surface area contributed by atoms with Crippen LogP contribution in [0, 0.1) is 27.7 Å². The van der Waals surface area contributed by atoms with Crippen molar-refractivity contribution in [2.45, 2.75) is 87.2 Å². The molecule has 0 radical (unpaired) electrons. The molecule has 0 atom stereocenters. The molecule has 0 bridgehead atoms. The van der Waals surface area contributed by atoms with Gasteiger partial charge in [0.1, 0.15) is 17.8 Å². The minimum Gasteiger partial charge on any atom is -0.398 e. The average Bonchev–Trinajstić information content (AvgIpc) is 2.71. The molecule has 0 amide bonds. The average molecular weight is 445 g/mol. The highest BCUT2D eigenvalue weighted by Gasteiger charge is 2.04. The second-order valence-electron chi connectivity index (χ2n) is 6.82. The van der Waals surface area contributed by atoms with Gasteiger partial charge >= 0.3 is 0 Å². The van der Waals surface area contributed by atoms with Gasteiger partial charge in [-0.1, -0.05) is 63.1 Å². The van der Waals surface area contributed by atoms with E-state index in [1.807, 2.05) is 74.4 Å². The number of rotatable bonds is 0. The van der Waals surface area contributed by atoms with Crippen molar-refractivity contribution in [2.24, 2.45) is 9.98 Å². The zero-order valence-electron chi connectivity index (χ0n) is 21.5. The second-order valence-corrected chi connectivity index (χ2v) is 7.33. The van der Waals surface area contributed by atoms with Crippen molar-refractivity contribution < 1.29 is 0 Å². The van der Waals surface area contributed by atoms with Crippen molar-refractivity contribution in [3.8, 4) is 0 Å². The molecule has 3 rings (SSSR count). The summed E-state index contributed by atoms with van der Waals surface area (Å²) in [6.07, 6.45) is 0.103. The number of hydrogen-bond acceptors (Lipinski definition) is 5. The van der Waals surface area contributed by atoms with E-state index in [1.54, 1.807) is 0 Å². The summed E-state index contributed by atoms with van der Waals surface area (Å²) in [5.41, 5.74) is 11.5. The maximum absolute atomic E-state index is 5.67. The fourth-order valence-electron chi connectivity index (χ4n) is 2.42. The Labute approximate surface area is 196 Å². The lowest BCUT2D eigenvalue weighted by molar-refractivity contribution is 0.767. The predicted octanol–water partition coefficient (Wildman–Crippen LogP) is 7.30. The van der Waals surface area contributed by atoms with E-state index in [4.69, 9.17) is 5.73 Å². The van der Waals surface area contributed by atoms with Crippen LogP contribution in [0.15, 0.2) is 51.3 Å². The molecule has 3 N–H and O–H groups in total. The molecular formula is C26H44N4S. The molecule has 1 aliphatic rings. The van der Waals surface area contributed by atoms with Gasteiger partial charge in [-0.25, -0.2) is 9.98 Å². The lowest BCUT2D eigenvalue weighted by atomic mass is 10.1. The number of aliphatic imine (C=N–C) groups is 2. The monoisotopic (exact) mass is 444 g/mol. The minimum absolute atomic E-state index is 0.103. The number of nitrogen functional groups attached to an aromatic ring is 1. The smallest absolute Gasteiger partial charge is 0.140 e. The first-order valence-corrected chi connectivity index (χ1v) is 11.5. The SMILES string of the molecule is CC.CC.CC1=NC(C)N=C(C)N1.Cc1cc(S)cc(N)c1C.Cc1ccc(C)cc1. The topological polar surface area (TPSA) is 62.8 Å². The number of benzene rings is 2. The largest absolute Gasteiger partial charge is 0.398 e. The number of anilines is 1. The maximum Gasteiger partial charge on any atom is 0.140 e. The molecule has 2 aromatic carbocycles. The van der Waals surface area contributed by atoms with Crippen LogP contribution >= 0.6 is 12.6 Å². The van der Waals surface area contributed by atoms with E-state index in [-0.39, 0.29) is 6.17 Å². The van der Waals surface area contributed by atoms with Crippen LogP contribution in [-0.2, 0) is 0 Å². The fraction of sp³-hybridized carbons (Fsp3) is 0.462. The Hall–Kier alpha value is -2.27. The molecule has 0 spiro atoms. The van der Waals surface area contributed by atoms with E-state index >= 15 is 0 Å². The van der Waals surface area contributed by atoms with E-state index < -0.39 is 0 Å². The Bertz CT molecular complexity index is 747. The van der Waals surface area contributed by atoms with E-state index in [0.717, 1.165) is 27.8 Å². The zero-order chi connectivity index (χ0) is 24.6. The van der Waals surface area contributed by atoms with Gasteiger partial charge in [-0.2, -0.15) is 0 Å². The molecule has 0 aromatic heterocycles. The normalized spacial score (nSPS) is 11.9. The molecule has 0 unspecified atom stereocenters. The lowest BCUT2D eigenvalue weighted by Gasteiger charge is -2.13. The molecule has 0 aliphatic carbocycles. The molecule has 0 fully saturated rings. The molecule has 0 saturated carbocycles. The van der Waals surface area contributed by atoms with Gasteiger partial charge in [0.05, 0.1) is 0 Å². The Balaban J connectivity index is 0. The van der Waals surface area contributed by atoms with E-state index in [0.29, 0.717) is 0 Å². The lowest BCUT2D eigenvalue weighted by Crippen LogP contribution is -2.31. The first-order chi connectivity index (χ1) is 14.6. The van der Waals surface area contributed by atoms with Crippen molar-refractivity contribution in [1.82, 2.24) is 5.32 Å². The third-order valence-electron chi connectivity index (χ3n) is 4.03. The summed E-state index contributed by atoms with van der Waals surface area (Å²) >= 11 is 4.19. The first kappa shape index (κ1) is 30.9. The number of nitrogens with one attached hydrogen (secondary N) is 1. The van der Waals surface area contributed by atoms with Crippen LogP contribution in [0.3, 0.4) is 0 Å². The Morgan fingerprint density at radius 2 is 1.16 bits per heavy atom. The summed E-state index contributed by atoms with van der Waals surface area (Å²) in [5.74, 6) is 1.91. The van der Waals surface area contributed by atoms with Crippen LogP contribution in [0.1, 0.15) is 70.7 Å². The van der Waals surface area contributed by atoms with Crippen molar-refractivity contribution >= 4 is 30.0 Å². The van der Waals surface area contributed by atoms with Gasteiger partial charge in [-0.05, 0) is 71.7 Å². The van der Waals surface area contributed by atoms with E-state index in [1.165, 1.54) is 16.7 Å². The summed E-state index contributed by atoms with van der Waals surface area (Å²) in [5, 5.41) is 3.01. The summed E-state index contributed by atoms with van der Waals surface area (Å²) in [6, 6.07) is 12.4. The van der Waals surface area contributed by atoms with Gasteiger partial charge in [0.25, 0.3) is 0 Å². The third kappa shape index (κ3) is 14.4. The highest BCUT2D eigenvalue weighted by Crippen LogP contribution is 2.19. The van der Waals surface area contributed by atoms with E-state index in [9.17, 15) is 0 Å². The molecule has 1 heterocycles. The standard InChI is InChI=1S/C8H11NS.C8H10.C6H11N3.2C2H6/c1-5-3-7(10)4-8(9)6(5)2;1-7-3-5-8(2)6-4-7;1-4-7-5(2)9-6(3)8-4;2*1-2/h3-4,10H,9H2,1-2H3;3-6H,1-2H3;4H,1-3H3,(H,7,8,9);2*1-2H3. The highest BCUT2D eigenvalue weighted by molar-refractivity contribution is 7.80. The number of hydrogen-bond donors (Lipinski definition) is 3. The van der Waals surface area contributed by atoms with Crippen molar-refractivity contribution in [2.75, 3.05) is 5.73 Å². The quantitative estimate of drug-likeness (QED) is 0.295. The van der Waals surface area contributed by atoms with Crippen LogP contribution in [0.25, 0.3) is 0 Å². The zero-order valence-corrected chi connectivity index (χ0v) is 22.4. The Morgan fingerprint density at radius 3 is 1.48 bits per heavy atom. The van der Waals surface area contributed by atoms with Crippen LogP contribution in [0.5, 0.6) is 0 Å². The number of nitrogens with two attached hydrogens (primary N) is 1. The van der Waals surface area contributed by atoms with Crippen LogP contribution < -0.4 is 11.1 Å². The van der Waals surface area contributed by atoms with Gasteiger partial charge in [0.2, 0.25) is 0 Å². The minimum atomic E-state index is 0.103. The van der Waals surface area contributed by atoms with Crippen LogP contribution in [0.4, 0.5) is 5.69 Å².